The fourth-order valence-corrected chi connectivity index (χ4v) is 2.25. The Kier molecular flexibility index (Phi) is 4.77. The number of aliphatic carboxylic acids is 1. The standard InChI is InChI=1S/C12H21NO3/c1-3-5-9(2)11(14)13-7-4-6-10(8-13)12(15)16/h9-10H,3-8H2,1-2H3,(H,15,16)/t9-,10+/m1/s1. The Labute approximate surface area is 96.6 Å². The number of carbonyl (C=O) groups excluding carboxylic acids is 1. The summed E-state index contributed by atoms with van der Waals surface area (Å²) in [5, 5.41) is 8.94. The number of carbonyl (C=O) groups is 2. The summed E-state index contributed by atoms with van der Waals surface area (Å²) in [5.74, 6) is -1.00. The summed E-state index contributed by atoms with van der Waals surface area (Å²) in [6.45, 7) is 5.09. The van der Waals surface area contributed by atoms with Gasteiger partial charge in [0.1, 0.15) is 0 Å². The van der Waals surface area contributed by atoms with Gasteiger partial charge in [0.15, 0.2) is 0 Å². The first-order chi connectivity index (χ1) is 7.56. The maximum Gasteiger partial charge on any atom is 0.308 e. The number of hydrogen-bond acceptors (Lipinski definition) is 2. The number of amides is 1. The first kappa shape index (κ1) is 13.0. The van der Waals surface area contributed by atoms with Crippen molar-refractivity contribution in [2.45, 2.75) is 39.5 Å². The number of piperidine rings is 1. The van der Waals surface area contributed by atoms with Crippen LogP contribution in [0, 0.1) is 11.8 Å². The molecule has 1 N–H and O–H groups in total. The lowest BCUT2D eigenvalue weighted by Crippen LogP contribution is -2.44. The fraction of sp³-hybridized carbons (Fsp3) is 0.833. The molecule has 1 rings (SSSR count). The zero-order chi connectivity index (χ0) is 12.1. The van der Waals surface area contributed by atoms with Crippen molar-refractivity contribution in [3.8, 4) is 0 Å². The minimum Gasteiger partial charge on any atom is -0.481 e. The van der Waals surface area contributed by atoms with E-state index in [1.807, 2.05) is 6.92 Å². The van der Waals surface area contributed by atoms with Gasteiger partial charge in [-0.2, -0.15) is 0 Å². The predicted octanol–water partition coefficient (Wildman–Crippen LogP) is 1.75. The van der Waals surface area contributed by atoms with E-state index in [-0.39, 0.29) is 17.7 Å². The Balaban J connectivity index is 2.53. The second kappa shape index (κ2) is 5.87. The minimum atomic E-state index is -0.777. The fourth-order valence-electron chi connectivity index (χ4n) is 2.25. The molecule has 0 unspecified atom stereocenters. The molecule has 4 nitrogen and oxygen atoms in total. The molecule has 1 saturated heterocycles. The first-order valence-electron chi connectivity index (χ1n) is 6.07. The van der Waals surface area contributed by atoms with Crippen LogP contribution >= 0.6 is 0 Å². The molecule has 1 heterocycles. The van der Waals surface area contributed by atoms with Crippen molar-refractivity contribution < 1.29 is 14.7 Å². The van der Waals surface area contributed by atoms with Crippen molar-refractivity contribution >= 4 is 11.9 Å². The smallest absolute Gasteiger partial charge is 0.308 e. The SMILES string of the molecule is CCC[C@@H](C)C(=O)N1CCC[C@H](C(=O)O)C1. The van der Waals surface area contributed by atoms with Gasteiger partial charge in [-0.3, -0.25) is 9.59 Å². The Hall–Kier alpha value is -1.06. The molecule has 1 aliphatic rings. The van der Waals surface area contributed by atoms with Crippen LogP contribution in [0.5, 0.6) is 0 Å². The Bertz CT molecular complexity index is 265. The van der Waals surface area contributed by atoms with E-state index in [4.69, 9.17) is 5.11 Å². The molecule has 0 aromatic rings. The van der Waals surface area contributed by atoms with Crippen LogP contribution in [-0.4, -0.2) is 35.0 Å². The molecule has 0 spiro atoms. The van der Waals surface area contributed by atoms with Gasteiger partial charge in [0.25, 0.3) is 0 Å². The lowest BCUT2D eigenvalue weighted by Gasteiger charge is -2.32. The Morgan fingerprint density at radius 2 is 2.19 bits per heavy atom. The average molecular weight is 227 g/mol. The van der Waals surface area contributed by atoms with E-state index in [0.29, 0.717) is 13.0 Å². The highest BCUT2D eigenvalue weighted by atomic mass is 16.4. The molecule has 0 radical (unpaired) electrons. The van der Waals surface area contributed by atoms with Gasteiger partial charge < -0.3 is 10.0 Å². The number of likely N-dealkylation sites (tertiary alicyclic amines) is 1. The van der Waals surface area contributed by atoms with Crippen LogP contribution in [0.4, 0.5) is 0 Å². The summed E-state index contributed by atoms with van der Waals surface area (Å²) in [4.78, 5) is 24.6. The van der Waals surface area contributed by atoms with E-state index in [9.17, 15) is 9.59 Å². The van der Waals surface area contributed by atoms with Gasteiger partial charge in [-0.05, 0) is 19.3 Å². The zero-order valence-electron chi connectivity index (χ0n) is 10.1. The lowest BCUT2D eigenvalue weighted by molar-refractivity contribution is -0.146. The molecule has 0 aromatic carbocycles. The van der Waals surface area contributed by atoms with Gasteiger partial charge >= 0.3 is 5.97 Å². The van der Waals surface area contributed by atoms with Gasteiger partial charge in [0.05, 0.1) is 5.92 Å². The highest BCUT2D eigenvalue weighted by Gasteiger charge is 2.29. The van der Waals surface area contributed by atoms with E-state index >= 15 is 0 Å². The second-order valence-corrected chi connectivity index (χ2v) is 4.65. The van der Waals surface area contributed by atoms with Gasteiger partial charge in [-0.25, -0.2) is 0 Å². The molecular formula is C12H21NO3. The maximum absolute atomic E-state index is 12.0. The van der Waals surface area contributed by atoms with Crippen molar-refractivity contribution in [2.24, 2.45) is 11.8 Å². The maximum atomic E-state index is 12.0. The van der Waals surface area contributed by atoms with Gasteiger partial charge in [-0.1, -0.05) is 20.3 Å². The lowest BCUT2D eigenvalue weighted by atomic mass is 9.96. The molecule has 4 heteroatoms. The number of nitrogens with zero attached hydrogens (tertiary/aromatic N) is 1. The summed E-state index contributed by atoms with van der Waals surface area (Å²) < 4.78 is 0. The number of rotatable bonds is 4. The van der Waals surface area contributed by atoms with Crippen LogP contribution in [0.1, 0.15) is 39.5 Å². The Morgan fingerprint density at radius 1 is 1.50 bits per heavy atom. The van der Waals surface area contributed by atoms with E-state index in [1.54, 1.807) is 4.90 Å². The monoisotopic (exact) mass is 227 g/mol. The third kappa shape index (κ3) is 3.22. The van der Waals surface area contributed by atoms with E-state index in [0.717, 1.165) is 25.8 Å². The molecule has 0 aliphatic carbocycles. The van der Waals surface area contributed by atoms with Gasteiger partial charge in [0.2, 0.25) is 5.91 Å². The van der Waals surface area contributed by atoms with Crippen LogP contribution < -0.4 is 0 Å². The van der Waals surface area contributed by atoms with Gasteiger partial charge in [0, 0.05) is 19.0 Å². The summed E-state index contributed by atoms with van der Waals surface area (Å²) >= 11 is 0. The van der Waals surface area contributed by atoms with E-state index < -0.39 is 5.97 Å². The van der Waals surface area contributed by atoms with Crippen molar-refractivity contribution in [2.75, 3.05) is 13.1 Å². The molecule has 0 saturated carbocycles. The zero-order valence-corrected chi connectivity index (χ0v) is 10.1. The average Bonchev–Trinajstić information content (AvgIpc) is 2.28. The molecule has 92 valence electrons. The van der Waals surface area contributed by atoms with Crippen molar-refractivity contribution in [3.05, 3.63) is 0 Å². The van der Waals surface area contributed by atoms with Crippen molar-refractivity contribution in [3.63, 3.8) is 0 Å². The molecule has 0 bridgehead atoms. The third-order valence-corrected chi connectivity index (χ3v) is 3.23. The van der Waals surface area contributed by atoms with Crippen molar-refractivity contribution in [1.82, 2.24) is 4.90 Å². The largest absolute Gasteiger partial charge is 0.481 e. The molecule has 16 heavy (non-hydrogen) atoms. The Morgan fingerprint density at radius 3 is 2.75 bits per heavy atom. The van der Waals surface area contributed by atoms with Crippen LogP contribution in [0.2, 0.25) is 0 Å². The molecular weight excluding hydrogens is 206 g/mol. The number of hydrogen-bond donors (Lipinski definition) is 1. The van der Waals surface area contributed by atoms with Gasteiger partial charge in [-0.15, -0.1) is 0 Å². The quantitative estimate of drug-likeness (QED) is 0.796. The summed E-state index contributed by atoms with van der Waals surface area (Å²) in [7, 11) is 0. The minimum absolute atomic E-state index is 0.0255. The van der Waals surface area contributed by atoms with Crippen molar-refractivity contribution in [1.29, 1.82) is 0 Å². The summed E-state index contributed by atoms with van der Waals surface area (Å²) in [5.41, 5.74) is 0. The van der Waals surface area contributed by atoms with Crippen LogP contribution in [-0.2, 0) is 9.59 Å². The predicted molar refractivity (Wildman–Crippen MR) is 61.0 cm³/mol. The molecule has 1 amide bonds. The van der Waals surface area contributed by atoms with Crippen LogP contribution in [0.3, 0.4) is 0 Å². The number of carboxylic acid groups (broad SMARTS) is 1. The molecule has 0 aromatic heterocycles. The highest BCUT2D eigenvalue weighted by molar-refractivity contribution is 5.79. The van der Waals surface area contributed by atoms with Crippen LogP contribution in [0.15, 0.2) is 0 Å². The molecule has 1 aliphatic heterocycles. The number of carboxylic acids is 1. The van der Waals surface area contributed by atoms with E-state index in [1.165, 1.54) is 0 Å². The second-order valence-electron chi connectivity index (χ2n) is 4.65. The highest BCUT2D eigenvalue weighted by Crippen LogP contribution is 2.19. The topological polar surface area (TPSA) is 57.6 Å². The summed E-state index contributed by atoms with van der Waals surface area (Å²) in [6, 6.07) is 0. The molecule has 2 atom stereocenters. The molecule has 1 fully saturated rings. The first-order valence-corrected chi connectivity index (χ1v) is 6.07. The van der Waals surface area contributed by atoms with Crippen LogP contribution in [0.25, 0.3) is 0 Å². The van der Waals surface area contributed by atoms with E-state index in [2.05, 4.69) is 6.92 Å². The summed E-state index contributed by atoms with van der Waals surface area (Å²) in [6.07, 6.45) is 3.37. The third-order valence-electron chi connectivity index (χ3n) is 3.23. The normalized spacial score (nSPS) is 22.9.